The van der Waals surface area contributed by atoms with E-state index in [2.05, 4.69) is 38.7 Å². The number of para-hydroxylation sites is 1. The van der Waals surface area contributed by atoms with Crippen LogP contribution in [0.25, 0.3) is 5.69 Å². The topological polar surface area (TPSA) is 83.5 Å². The van der Waals surface area contributed by atoms with Crippen LogP contribution in [0.15, 0.2) is 64.5 Å². The number of halogens is 1. The van der Waals surface area contributed by atoms with Crippen molar-refractivity contribution in [2.24, 2.45) is 4.99 Å². The van der Waals surface area contributed by atoms with Crippen LogP contribution in [-0.2, 0) is 6.54 Å². The highest BCUT2D eigenvalue weighted by Crippen LogP contribution is 2.24. The molecule has 0 saturated carbocycles. The number of nitrogens with one attached hydrogen (secondary N) is 2. The van der Waals surface area contributed by atoms with Gasteiger partial charge in [-0.2, -0.15) is 0 Å². The number of hydrogen-bond donors (Lipinski definition) is 2. The largest absolute Gasteiger partial charge is 0.468 e. The molecule has 3 heterocycles. The minimum Gasteiger partial charge on any atom is -0.468 e. The molecule has 0 spiro atoms. The summed E-state index contributed by atoms with van der Waals surface area (Å²) in [5.74, 6) is 2.54. The molecule has 8 nitrogen and oxygen atoms in total. The average Bonchev–Trinajstić information content (AvgIpc) is 3.56. The van der Waals surface area contributed by atoms with Gasteiger partial charge in [0.2, 0.25) is 0 Å². The van der Waals surface area contributed by atoms with E-state index in [-0.39, 0.29) is 30.0 Å². The molecular weight excluding hydrogens is 505 g/mol. The Morgan fingerprint density at radius 2 is 1.94 bits per heavy atom. The standard InChI is InChI=1S/C22H29N7O.HI/c1-2-23-22(24-15-19(20-11-8-14-30-20)28-12-6-7-13-28)25-16-21-27-26-17-29(21)18-9-4-3-5-10-18;/h3-5,8-11,14,17,19H,2,6-7,12-13,15-16H2,1H3,(H2,23,24,25);1H. The van der Waals surface area contributed by atoms with E-state index in [0.717, 1.165) is 49.4 Å². The molecule has 2 aromatic heterocycles. The molecule has 0 bridgehead atoms. The fraction of sp³-hybridized carbons (Fsp3) is 0.409. The molecular formula is C22H30IN7O. The van der Waals surface area contributed by atoms with Gasteiger partial charge in [-0.3, -0.25) is 9.47 Å². The van der Waals surface area contributed by atoms with Crippen LogP contribution in [0.2, 0.25) is 0 Å². The predicted octanol–water partition coefficient (Wildman–Crippen LogP) is 3.37. The van der Waals surface area contributed by atoms with Crippen molar-refractivity contribution in [3.8, 4) is 5.69 Å². The lowest BCUT2D eigenvalue weighted by atomic mass is 10.2. The summed E-state index contributed by atoms with van der Waals surface area (Å²) in [6.07, 6.45) is 5.94. The molecule has 0 aliphatic carbocycles. The van der Waals surface area contributed by atoms with E-state index in [4.69, 9.17) is 9.41 Å². The van der Waals surface area contributed by atoms with Gasteiger partial charge in [0.05, 0.1) is 12.3 Å². The predicted molar refractivity (Wildman–Crippen MR) is 132 cm³/mol. The van der Waals surface area contributed by atoms with Gasteiger partial charge in [-0.25, -0.2) is 4.99 Å². The summed E-state index contributed by atoms with van der Waals surface area (Å²) in [4.78, 5) is 7.22. The highest BCUT2D eigenvalue weighted by Gasteiger charge is 2.25. The Hall–Kier alpha value is -2.40. The van der Waals surface area contributed by atoms with Gasteiger partial charge in [0.25, 0.3) is 0 Å². The Labute approximate surface area is 200 Å². The third kappa shape index (κ3) is 6.07. The van der Waals surface area contributed by atoms with Crippen molar-refractivity contribution in [1.82, 2.24) is 30.3 Å². The third-order valence-electron chi connectivity index (χ3n) is 5.29. The number of benzene rings is 1. The maximum absolute atomic E-state index is 5.72. The molecule has 1 atom stereocenters. The number of likely N-dealkylation sites (tertiary alicyclic amines) is 1. The maximum atomic E-state index is 5.72. The van der Waals surface area contributed by atoms with Crippen molar-refractivity contribution >= 4 is 29.9 Å². The smallest absolute Gasteiger partial charge is 0.191 e. The molecule has 1 unspecified atom stereocenters. The Bertz CT molecular complexity index is 921. The SMILES string of the molecule is CCNC(=NCc1nncn1-c1ccccc1)NCC(c1ccco1)N1CCCC1.I. The first-order chi connectivity index (χ1) is 14.8. The summed E-state index contributed by atoms with van der Waals surface area (Å²) in [5.41, 5.74) is 1.03. The molecule has 31 heavy (non-hydrogen) atoms. The maximum Gasteiger partial charge on any atom is 0.191 e. The van der Waals surface area contributed by atoms with Crippen molar-refractivity contribution in [2.45, 2.75) is 32.4 Å². The van der Waals surface area contributed by atoms with E-state index in [1.807, 2.05) is 41.0 Å². The van der Waals surface area contributed by atoms with Crippen LogP contribution >= 0.6 is 24.0 Å². The molecule has 2 N–H and O–H groups in total. The van der Waals surface area contributed by atoms with Gasteiger partial charge >= 0.3 is 0 Å². The van der Waals surface area contributed by atoms with Gasteiger partial charge in [-0.15, -0.1) is 34.2 Å². The average molecular weight is 535 g/mol. The van der Waals surface area contributed by atoms with Crippen LogP contribution in [-0.4, -0.2) is 51.8 Å². The zero-order chi connectivity index (χ0) is 20.6. The minimum atomic E-state index is 0. The Kier molecular flexibility index (Phi) is 8.89. The lowest BCUT2D eigenvalue weighted by Crippen LogP contribution is -2.42. The fourth-order valence-corrected chi connectivity index (χ4v) is 3.80. The number of nitrogens with zero attached hydrogens (tertiary/aromatic N) is 5. The highest BCUT2D eigenvalue weighted by molar-refractivity contribution is 14.0. The summed E-state index contributed by atoms with van der Waals surface area (Å²) >= 11 is 0. The third-order valence-corrected chi connectivity index (χ3v) is 5.29. The van der Waals surface area contributed by atoms with Crippen molar-refractivity contribution in [3.05, 3.63) is 66.6 Å². The number of aliphatic imine (C=N–C) groups is 1. The van der Waals surface area contributed by atoms with Crippen molar-refractivity contribution < 1.29 is 4.42 Å². The normalized spacial score (nSPS) is 15.5. The quantitative estimate of drug-likeness (QED) is 0.262. The van der Waals surface area contributed by atoms with Crippen molar-refractivity contribution in [2.75, 3.05) is 26.2 Å². The van der Waals surface area contributed by atoms with E-state index < -0.39 is 0 Å². The van der Waals surface area contributed by atoms with Gasteiger partial charge in [-0.1, -0.05) is 18.2 Å². The van der Waals surface area contributed by atoms with Gasteiger partial charge < -0.3 is 15.1 Å². The Morgan fingerprint density at radius 3 is 2.65 bits per heavy atom. The van der Waals surface area contributed by atoms with E-state index in [0.29, 0.717) is 6.54 Å². The monoisotopic (exact) mass is 535 g/mol. The number of rotatable bonds is 8. The molecule has 1 aliphatic heterocycles. The lowest BCUT2D eigenvalue weighted by Gasteiger charge is -2.26. The van der Waals surface area contributed by atoms with Crippen LogP contribution in [0.3, 0.4) is 0 Å². The number of aromatic nitrogens is 3. The fourth-order valence-electron chi connectivity index (χ4n) is 3.80. The van der Waals surface area contributed by atoms with Crippen molar-refractivity contribution in [1.29, 1.82) is 0 Å². The van der Waals surface area contributed by atoms with Gasteiger partial charge in [0, 0.05) is 18.8 Å². The lowest BCUT2D eigenvalue weighted by molar-refractivity contribution is 0.215. The van der Waals surface area contributed by atoms with Gasteiger partial charge in [-0.05, 0) is 57.1 Å². The molecule has 1 aliphatic rings. The second kappa shape index (κ2) is 11.8. The summed E-state index contributed by atoms with van der Waals surface area (Å²) < 4.78 is 7.68. The molecule has 1 aromatic carbocycles. The molecule has 3 aromatic rings. The molecule has 1 saturated heterocycles. The second-order valence-electron chi connectivity index (χ2n) is 7.30. The van der Waals surface area contributed by atoms with E-state index in [1.165, 1.54) is 12.8 Å². The zero-order valence-corrected chi connectivity index (χ0v) is 20.1. The van der Waals surface area contributed by atoms with Crippen LogP contribution in [0.5, 0.6) is 0 Å². The number of furan rings is 1. The summed E-state index contributed by atoms with van der Waals surface area (Å²) in [5, 5.41) is 15.1. The Balaban J connectivity index is 0.00000272. The van der Waals surface area contributed by atoms with Crippen LogP contribution < -0.4 is 10.6 Å². The summed E-state index contributed by atoms with van der Waals surface area (Å²) in [6.45, 7) is 6.20. The van der Waals surface area contributed by atoms with E-state index in [1.54, 1.807) is 12.6 Å². The van der Waals surface area contributed by atoms with Crippen LogP contribution in [0.1, 0.15) is 37.4 Å². The number of hydrogen-bond acceptors (Lipinski definition) is 5. The van der Waals surface area contributed by atoms with E-state index in [9.17, 15) is 0 Å². The first-order valence-electron chi connectivity index (χ1n) is 10.6. The number of guanidine groups is 1. The van der Waals surface area contributed by atoms with Gasteiger partial charge in [0.1, 0.15) is 18.6 Å². The van der Waals surface area contributed by atoms with Gasteiger partial charge in [0.15, 0.2) is 11.8 Å². The van der Waals surface area contributed by atoms with Crippen molar-refractivity contribution in [3.63, 3.8) is 0 Å². The Morgan fingerprint density at radius 1 is 1.13 bits per heavy atom. The van der Waals surface area contributed by atoms with Crippen LogP contribution in [0.4, 0.5) is 0 Å². The minimum absolute atomic E-state index is 0. The first-order valence-corrected chi connectivity index (χ1v) is 10.6. The molecule has 4 rings (SSSR count). The van der Waals surface area contributed by atoms with E-state index >= 15 is 0 Å². The first kappa shape index (κ1) is 23.3. The summed E-state index contributed by atoms with van der Waals surface area (Å²) in [6, 6.07) is 14.3. The molecule has 1 fully saturated rings. The highest BCUT2D eigenvalue weighted by atomic mass is 127. The zero-order valence-electron chi connectivity index (χ0n) is 17.8. The molecule has 9 heteroatoms. The molecule has 166 valence electrons. The molecule has 0 amide bonds. The van der Waals surface area contributed by atoms with Crippen LogP contribution in [0, 0.1) is 0 Å². The molecule has 0 radical (unpaired) electrons. The summed E-state index contributed by atoms with van der Waals surface area (Å²) in [7, 11) is 0. The second-order valence-corrected chi connectivity index (χ2v) is 7.30.